The fourth-order valence-electron chi connectivity index (χ4n) is 13.2. The van der Waals surface area contributed by atoms with Crippen LogP contribution in [0.1, 0.15) is 75.6 Å². The van der Waals surface area contributed by atoms with E-state index in [1.54, 1.807) is 75.8 Å². The van der Waals surface area contributed by atoms with Crippen molar-refractivity contribution in [1.29, 1.82) is 0 Å². The molecule has 1 heterocycles. The summed E-state index contributed by atoms with van der Waals surface area (Å²) in [6.45, 7) is 0.433. The highest BCUT2D eigenvalue weighted by molar-refractivity contribution is 6.58. The molecule has 1 aromatic heterocycles. The molecule has 4 aliphatic carbocycles. The fourth-order valence-corrected chi connectivity index (χ4v) is 13.2. The van der Waals surface area contributed by atoms with Gasteiger partial charge in [0.2, 0.25) is 0 Å². The minimum absolute atomic E-state index is 0.0450. The zero-order valence-corrected chi connectivity index (χ0v) is 28.5. The van der Waals surface area contributed by atoms with Crippen molar-refractivity contribution >= 4 is 92.1 Å². The van der Waals surface area contributed by atoms with E-state index >= 15 is 0 Å². The van der Waals surface area contributed by atoms with Gasteiger partial charge in [0.25, 0.3) is 0 Å². The molecule has 52 heavy (non-hydrogen) atoms. The van der Waals surface area contributed by atoms with Gasteiger partial charge >= 0.3 is 5.97 Å². The molecule has 2 atom stereocenters. The summed E-state index contributed by atoms with van der Waals surface area (Å²) in [5.41, 5.74) is 11.8. The van der Waals surface area contributed by atoms with Crippen molar-refractivity contribution in [2.75, 3.05) is 6.61 Å². The maximum Gasteiger partial charge on any atom is 0.305 e. The summed E-state index contributed by atoms with van der Waals surface area (Å²) in [5.74, 6) is 0.729. The van der Waals surface area contributed by atoms with Crippen molar-refractivity contribution in [3.8, 4) is 0 Å². The van der Waals surface area contributed by atoms with E-state index in [1.165, 1.54) is 54.9 Å². The molecule has 2 unspecified atom stereocenters. The fraction of sp³-hybridized carbons (Fsp3) is 0.204. The maximum absolute atomic E-state index is 13.1. The summed E-state index contributed by atoms with van der Waals surface area (Å²) in [4.78, 5) is 16.2. The standard InChI is InChI=1S/C49H31NO2/c51-32(52-14-11-22-10-13-50-21-22)7-4-12-49(29-5-2-1-3-6-29)47-30-19-27-17-25-15-23-8-9-24-16-26-18-28-20-31(48(47)49)40-39(30)43-37(27)35(25)41-33(23)34(24)42-36(26)38(28)44(40)46(43)45(41)42/h1-3,5-6,8-10,13,15-16,19-21,47-48,50H,4,7,11-12,14,17-18H2. The first kappa shape index (κ1) is 26.2. The van der Waals surface area contributed by atoms with E-state index in [0.29, 0.717) is 24.9 Å². The Bertz CT molecular complexity index is 3200. The average molecular weight is 666 g/mol. The summed E-state index contributed by atoms with van der Waals surface area (Å²) in [5, 5.41) is 24.6. The number of carbonyl (C=O) groups excluding carboxylic acids is 1. The SMILES string of the molecule is O=C(CCCC1(c2ccccc2)C2c3cc4c5c6c(cc7ccc8cc9c%10c%11c(cc(c%12c3c5c(c%12%11)c3c6c7c8c%103)C21)C9)C4)OCCc1cc[nH]c1. The highest BCUT2D eigenvalue weighted by Gasteiger charge is 2.68. The zero-order valence-electron chi connectivity index (χ0n) is 28.5. The van der Waals surface area contributed by atoms with Crippen LogP contribution in [0.2, 0.25) is 0 Å². The molecule has 0 spiro atoms. The van der Waals surface area contributed by atoms with E-state index in [0.717, 1.165) is 32.1 Å². The van der Waals surface area contributed by atoms with Gasteiger partial charge in [-0.15, -0.1) is 0 Å². The lowest BCUT2D eigenvalue weighted by atomic mass is 9.83. The second-order valence-corrected chi connectivity index (χ2v) is 16.8. The number of ether oxygens (including phenoxy) is 1. The van der Waals surface area contributed by atoms with E-state index < -0.39 is 0 Å². The normalized spacial score (nSPS) is 21.1. The molecule has 3 heteroatoms. The third-order valence-corrected chi connectivity index (χ3v) is 14.8. The van der Waals surface area contributed by atoms with Crippen molar-refractivity contribution in [3.63, 3.8) is 0 Å². The first-order valence-electron chi connectivity index (χ1n) is 19.3. The van der Waals surface area contributed by atoms with Gasteiger partial charge in [0.05, 0.1) is 6.61 Å². The van der Waals surface area contributed by atoms with Crippen LogP contribution < -0.4 is 0 Å². The van der Waals surface area contributed by atoms with Crippen LogP contribution in [0.4, 0.5) is 0 Å². The van der Waals surface area contributed by atoms with Crippen LogP contribution in [-0.4, -0.2) is 17.6 Å². The first-order valence-corrected chi connectivity index (χ1v) is 19.3. The maximum atomic E-state index is 13.1. The number of carbonyl (C=O) groups is 1. The number of aromatic amines is 1. The summed E-state index contributed by atoms with van der Waals surface area (Å²) in [6, 6.07) is 28.6. The Morgan fingerprint density at radius 1 is 0.635 bits per heavy atom. The molecule has 0 saturated heterocycles. The lowest BCUT2D eigenvalue weighted by Crippen LogP contribution is -2.14. The van der Waals surface area contributed by atoms with Crippen LogP contribution in [-0.2, 0) is 34.2 Å². The second kappa shape index (κ2) is 8.18. The Kier molecular flexibility index (Phi) is 4.12. The highest BCUT2D eigenvalue weighted by Crippen LogP contribution is 2.78. The minimum Gasteiger partial charge on any atom is -0.465 e. The second-order valence-electron chi connectivity index (χ2n) is 16.8. The van der Waals surface area contributed by atoms with Crippen LogP contribution in [0.15, 0.2) is 85.2 Å². The number of esters is 1. The number of hydrogen-bond acceptors (Lipinski definition) is 2. The van der Waals surface area contributed by atoms with Crippen molar-refractivity contribution in [3.05, 3.63) is 130 Å². The molecule has 4 aliphatic rings. The monoisotopic (exact) mass is 665 g/mol. The van der Waals surface area contributed by atoms with Crippen LogP contribution >= 0.6 is 0 Å². The molecule has 1 saturated carbocycles. The number of aromatic nitrogens is 1. The number of rotatable bonds is 8. The minimum atomic E-state index is -0.0759. The summed E-state index contributed by atoms with van der Waals surface area (Å²) in [6.07, 6.45) is 8.95. The van der Waals surface area contributed by atoms with Crippen LogP contribution in [0.3, 0.4) is 0 Å². The topological polar surface area (TPSA) is 42.1 Å². The number of hydrogen-bond donors (Lipinski definition) is 1. The zero-order chi connectivity index (χ0) is 33.4. The van der Waals surface area contributed by atoms with E-state index in [2.05, 4.69) is 71.7 Å². The Hall–Kier alpha value is -5.67. The van der Waals surface area contributed by atoms with E-state index in [9.17, 15) is 4.79 Å². The van der Waals surface area contributed by atoms with E-state index in [-0.39, 0.29) is 11.4 Å². The smallest absolute Gasteiger partial charge is 0.305 e. The molecule has 1 fully saturated rings. The number of fused-ring (bicyclic) bond motifs is 3. The van der Waals surface area contributed by atoms with Crippen LogP contribution in [0, 0.1) is 0 Å². The molecule has 244 valence electrons. The van der Waals surface area contributed by atoms with Gasteiger partial charge in [-0.1, -0.05) is 66.7 Å². The quantitative estimate of drug-likeness (QED) is 0.130. The lowest BCUT2D eigenvalue weighted by Gasteiger charge is -2.20. The molecule has 0 bridgehead atoms. The molecule has 0 radical (unpaired) electrons. The molecule has 0 aliphatic heterocycles. The molecular weight excluding hydrogens is 635 g/mol. The van der Waals surface area contributed by atoms with Crippen molar-refractivity contribution in [1.82, 2.24) is 4.98 Å². The largest absolute Gasteiger partial charge is 0.465 e. The molecule has 0 amide bonds. The average Bonchev–Trinajstić information content (AvgIpc) is 3.78. The van der Waals surface area contributed by atoms with Gasteiger partial charge in [-0.2, -0.15) is 0 Å². The van der Waals surface area contributed by atoms with Crippen LogP contribution in [0.25, 0.3) is 86.2 Å². The number of benzene rings is 8. The Morgan fingerprint density at radius 3 is 1.77 bits per heavy atom. The molecule has 1 N–H and O–H groups in total. The van der Waals surface area contributed by atoms with E-state index in [4.69, 9.17) is 4.74 Å². The van der Waals surface area contributed by atoms with Gasteiger partial charge in [0.1, 0.15) is 0 Å². The Balaban J connectivity index is 0.976. The third-order valence-electron chi connectivity index (χ3n) is 14.8. The summed E-state index contributed by atoms with van der Waals surface area (Å²) >= 11 is 0. The van der Waals surface area contributed by atoms with Gasteiger partial charge in [-0.05, 0) is 162 Å². The van der Waals surface area contributed by atoms with Gasteiger partial charge in [-0.3, -0.25) is 4.79 Å². The predicted molar refractivity (Wildman–Crippen MR) is 211 cm³/mol. The van der Waals surface area contributed by atoms with Gasteiger partial charge in [0.15, 0.2) is 0 Å². The lowest BCUT2D eigenvalue weighted by molar-refractivity contribution is -0.143. The molecule has 15 rings (SSSR count). The molecule has 10 aromatic carbocycles. The predicted octanol–water partition coefficient (Wildman–Crippen LogP) is 11.3. The third kappa shape index (κ3) is 2.59. The van der Waals surface area contributed by atoms with Crippen molar-refractivity contribution < 1.29 is 9.53 Å². The number of nitrogens with one attached hydrogen (secondary N) is 1. The molecule has 3 nitrogen and oxygen atoms in total. The highest BCUT2D eigenvalue weighted by atomic mass is 16.5. The molecular formula is C49H31NO2. The molecule has 11 aromatic rings. The van der Waals surface area contributed by atoms with Gasteiger partial charge in [-0.25, -0.2) is 0 Å². The van der Waals surface area contributed by atoms with Gasteiger partial charge < -0.3 is 9.72 Å². The Labute approximate surface area is 297 Å². The van der Waals surface area contributed by atoms with E-state index in [1.807, 2.05) is 18.5 Å². The van der Waals surface area contributed by atoms with Crippen LogP contribution in [0.5, 0.6) is 0 Å². The van der Waals surface area contributed by atoms with Crippen molar-refractivity contribution in [2.24, 2.45) is 0 Å². The summed E-state index contributed by atoms with van der Waals surface area (Å²) in [7, 11) is 0. The van der Waals surface area contributed by atoms with Gasteiger partial charge in [0, 0.05) is 42.5 Å². The number of H-pyrrole nitrogens is 1. The summed E-state index contributed by atoms with van der Waals surface area (Å²) < 4.78 is 5.76. The Morgan fingerprint density at radius 2 is 1.19 bits per heavy atom. The first-order chi connectivity index (χ1) is 25.7. The van der Waals surface area contributed by atoms with Crippen molar-refractivity contribution in [2.45, 2.75) is 55.8 Å².